The van der Waals surface area contributed by atoms with Crippen molar-refractivity contribution in [3.05, 3.63) is 29.6 Å². The van der Waals surface area contributed by atoms with Crippen molar-refractivity contribution in [2.75, 3.05) is 0 Å². The van der Waals surface area contributed by atoms with Crippen LogP contribution in [-0.4, -0.2) is 4.98 Å². The first kappa shape index (κ1) is 7.74. The third-order valence-corrected chi connectivity index (χ3v) is 2.64. The number of nitrogens with zero attached hydrogens (tertiary/aromatic N) is 1. The molecule has 0 aromatic carbocycles. The van der Waals surface area contributed by atoms with Crippen LogP contribution in [0.3, 0.4) is 0 Å². The highest BCUT2D eigenvalue weighted by molar-refractivity contribution is 5.20. The van der Waals surface area contributed by atoms with Gasteiger partial charge in [-0.2, -0.15) is 0 Å². The summed E-state index contributed by atoms with van der Waals surface area (Å²) in [6, 6.07) is 6.07. The first-order valence-electron chi connectivity index (χ1n) is 4.44. The Balaban J connectivity index is 2.33. The van der Waals surface area contributed by atoms with E-state index in [0.717, 1.165) is 24.2 Å². The second-order valence-corrected chi connectivity index (χ2v) is 3.67. The van der Waals surface area contributed by atoms with Gasteiger partial charge in [-0.3, -0.25) is 4.98 Å². The van der Waals surface area contributed by atoms with Gasteiger partial charge in [0, 0.05) is 5.69 Å². The Kier molecular flexibility index (Phi) is 1.65. The van der Waals surface area contributed by atoms with Gasteiger partial charge in [0.05, 0.1) is 11.2 Å². The molecule has 1 saturated carbocycles. The quantitative estimate of drug-likeness (QED) is 0.683. The maximum absolute atomic E-state index is 6.13. The van der Waals surface area contributed by atoms with Gasteiger partial charge in [0.2, 0.25) is 0 Å². The number of hydrogen-bond acceptors (Lipinski definition) is 2. The Morgan fingerprint density at radius 3 is 2.67 bits per heavy atom. The number of aryl methyl sites for hydroxylation is 1. The predicted octanol–water partition coefficient (Wildman–Crippen LogP) is 1.73. The summed E-state index contributed by atoms with van der Waals surface area (Å²) in [5.41, 5.74) is 8.15. The zero-order chi connectivity index (χ0) is 8.60. The lowest BCUT2D eigenvalue weighted by atomic mass is 9.75. The number of hydrogen-bond donors (Lipinski definition) is 1. The van der Waals surface area contributed by atoms with Gasteiger partial charge in [0.15, 0.2) is 0 Å². The van der Waals surface area contributed by atoms with Crippen LogP contribution < -0.4 is 5.73 Å². The molecule has 2 rings (SSSR count). The Labute approximate surface area is 72.8 Å². The van der Waals surface area contributed by atoms with Crippen molar-refractivity contribution in [1.29, 1.82) is 0 Å². The lowest BCUT2D eigenvalue weighted by molar-refractivity contribution is 0.246. The van der Waals surface area contributed by atoms with Crippen molar-refractivity contribution in [3.63, 3.8) is 0 Å². The largest absolute Gasteiger partial charge is 0.320 e. The molecule has 0 saturated heterocycles. The van der Waals surface area contributed by atoms with E-state index in [2.05, 4.69) is 4.98 Å². The summed E-state index contributed by atoms with van der Waals surface area (Å²) in [6.45, 7) is 2.01. The molecule has 1 aliphatic rings. The molecule has 0 unspecified atom stereocenters. The Morgan fingerprint density at radius 2 is 2.17 bits per heavy atom. The van der Waals surface area contributed by atoms with E-state index in [1.807, 2.05) is 25.1 Å². The van der Waals surface area contributed by atoms with E-state index in [-0.39, 0.29) is 5.54 Å². The lowest BCUT2D eigenvalue weighted by Crippen LogP contribution is -2.44. The summed E-state index contributed by atoms with van der Waals surface area (Å²) in [7, 11) is 0. The maximum atomic E-state index is 6.13. The maximum Gasteiger partial charge on any atom is 0.0605 e. The van der Waals surface area contributed by atoms with Crippen LogP contribution in [0.2, 0.25) is 0 Å². The lowest BCUT2D eigenvalue weighted by Gasteiger charge is -2.37. The van der Waals surface area contributed by atoms with Gasteiger partial charge >= 0.3 is 0 Å². The Hall–Kier alpha value is -0.890. The molecule has 0 radical (unpaired) electrons. The third kappa shape index (κ3) is 1.12. The summed E-state index contributed by atoms with van der Waals surface area (Å²) in [5.74, 6) is 0. The fourth-order valence-corrected chi connectivity index (χ4v) is 1.63. The molecule has 2 nitrogen and oxygen atoms in total. The van der Waals surface area contributed by atoms with Crippen LogP contribution in [-0.2, 0) is 5.54 Å². The number of rotatable bonds is 1. The Morgan fingerprint density at radius 1 is 1.42 bits per heavy atom. The monoisotopic (exact) mass is 162 g/mol. The van der Waals surface area contributed by atoms with E-state index in [9.17, 15) is 0 Å². The minimum atomic E-state index is -0.105. The zero-order valence-electron chi connectivity index (χ0n) is 7.38. The fraction of sp³-hybridized carbons (Fsp3) is 0.500. The van der Waals surface area contributed by atoms with Crippen molar-refractivity contribution >= 4 is 0 Å². The minimum Gasteiger partial charge on any atom is -0.320 e. The van der Waals surface area contributed by atoms with E-state index in [1.54, 1.807) is 0 Å². The van der Waals surface area contributed by atoms with Crippen LogP contribution in [0.15, 0.2) is 18.2 Å². The third-order valence-electron chi connectivity index (χ3n) is 2.64. The highest BCUT2D eigenvalue weighted by Gasteiger charge is 2.35. The van der Waals surface area contributed by atoms with Crippen LogP contribution in [0.5, 0.6) is 0 Å². The van der Waals surface area contributed by atoms with Crippen molar-refractivity contribution in [2.24, 2.45) is 5.73 Å². The second kappa shape index (κ2) is 2.56. The average Bonchev–Trinajstić information content (AvgIpc) is 2.00. The smallest absolute Gasteiger partial charge is 0.0605 e. The first-order chi connectivity index (χ1) is 5.71. The molecule has 2 heteroatoms. The summed E-state index contributed by atoms with van der Waals surface area (Å²) < 4.78 is 0. The number of nitrogens with two attached hydrogens (primary N) is 1. The molecule has 1 aromatic heterocycles. The number of aromatic nitrogens is 1. The van der Waals surface area contributed by atoms with Crippen molar-refractivity contribution in [1.82, 2.24) is 4.98 Å². The molecule has 1 heterocycles. The molecular formula is C10H14N2. The van der Waals surface area contributed by atoms with Crippen LogP contribution >= 0.6 is 0 Å². The molecule has 0 aliphatic heterocycles. The van der Waals surface area contributed by atoms with Crippen LogP contribution in [0, 0.1) is 6.92 Å². The normalized spacial score (nSPS) is 20.2. The van der Waals surface area contributed by atoms with Gasteiger partial charge in [-0.05, 0) is 38.3 Å². The first-order valence-corrected chi connectivity index (χ1v) is 4.44. The van der Waals surface area contributed by atoms with Crippen molar-refractivity contribution in [2.45, 2.75) is 31.7 Å². The molecule has 2 N–H and O–H groups in total. The molecule has 1 aliphatic carbocycles. The van der Waals surface area contributed by atoms with Crippen molar-refractivity contribution in [3.8, 4) is 0 Å². The van der Waals surface area contributed by atoms with Gasteiger partial charge in [0.25, 0.3) is 0 Å². The van der Waals surface area contributed by atoms with E-state index < -0.39 is 0 Å². The van der Waals surface area contributed by atoms with Gasteiger partial charge in [-0.15, -0.1) is 0 Å². The molecule has 12 heavy (non-hydrogen) atoms. The molecule has 1 aromatic rings. The van der Waals surface area contributed by atoms with E-state index in [1.165, 1.54) is 6.42 Å². The summed E-state index contributed by atoms with van der Waals surface area (Å²) in [4.78, 5) is 4.44. The average molecular weight is 162 g/mol. The topological polar surface area (TPSA) is 38.9 Å². The van der Waals surface area contributed by atoms with Gasteiger partial charge in [-0.1, -0.05) is 6.07 Å². The summed E-state index contributed by atoms with van der Waals surface area (Å²) in [5, 5.41) is 0. The molecule has 64 valence electrons. The van der Waals surface area contributed by atoms with Gasteiger partial charge < -0.3 is 5.73 Å². The molecule has 0 bridgehead atoms. The zero-order valence-corrected chi connectivity index (χ0v) is 7.38. The SMILES string of the molecule is Cc1cccc(C2(N)CCC2)n1. The standard InChI is InChI=1S/C10H14N2/c1-8-4-2-5-9(12-8)10(11)6-3-7-10/h2,4-5H,3,6-7,11H2,1H3. The predicted molar refractivity (Wildman–Crippen MR) is 48.7 cm³/mol. The van der Waals surface area contributed by atoms with E-state index in [4.69, 9.17) is 5.73 Å². The molecule has 0 amide bonds. The van der Waals surface area contributed by atoms with E-state index >= 15 is 0 Å². The van der Waals surface area contributed by atoms with Gasteiger partial charge in [-0.25, -0.2) is 0 Å². The molecule has 0 spiro atoms. The van der Waals surface area contributed by atoms with Gasteiger partial charge in [0.1, 0.15) is 0 Å². The summed E-state index contributed by atoms with van der Waals surface area (Å²) in [6.07, 6.45) is 3.42. The molecule has 1 fully saturated rings. The van der Waals surface area contributed by atoms with Crippen LogP contribution in [0.4, 0.5) is 0 Å². The number of pyridine rings is 1. The van der Waals surface area contributed by atoms with Crippen molar-refractivity contribution < 1.29 is 0 Å². The summed E-state index contributed by atoms with van der Waals surface area (Å²) >= 11 is 0. The Bertz CT molecular complexity index is 290. The second-order valence-electron chi connectivity index (χ2n) is 3.67. The minimum absolute atomic E-state index is 0.105. The molecular weight excluding hydrogens is 148 g/mol. The van der Waals surface area contributed by atoms with Crippen LogP contribution in [0.1, 0.15) is 30.7 Å². The highest BCUT2D eigenvalue weighted by Crippen LogP contribution is 2.37. The highest BCUT2D eigenvalue weighted by atomic mass is 14.9. The van der Waals surface area contributed by atoms with E-state index in [0.29, 0.717) is 0 Å². The fourth-order valence-electron chi connectivity index (χ4n) is 1.63. The molecule has 0 atom stereocenters. The van der Waals surface area contributed by atoms with Crippen LogP contribution in [0.25, 0.3) is 0 Å².